The first-order chi connectivity index (χ1) is 10.5. The SMILES string of the molecule is C[C@H](NCC(=O)Nc1ccc(F)c(Cl)c1)c1ccccc1Cl. The largest absolute Gasteiger partial charge is 0.325 e. The zero-order chi connectivity index (χ0) is 16.1. The molecule has 0 spiro atoms. The van der Waals surface area contributed by atoms with E-state index in [9.17, 15) is 9.18 Å². The van der Waals surface area contributed by atoms with E-state index in [-0.39, 0.29) is 23.5 Å². The molecule has 2 rings (SSSR count). The number of nitrogens with one attached hydrogen (secondary N) is 2. The highest BCUT2D eigenvalue weighted by Gasteiger charge is 2.11. The van der Waals surface area contributed by atoms with Crippen LogP contribution in [0.15, 0.2) is 42.5 Å². The third-order valence-corrected chi connectivity index (χ3v) is 3.78. The van der Waals surface area contributed by atoms with Crippen LogP contribution in [0.3, 0.4) is 0 Å². The number of rotatable bonds is 5. The van der Waals surface area contributed by atoms with Gasteiger partial charge in [-0.1, -0.05) is 41.4 Å². The van der Waals surface area contributed by atoms with Gasteiger partial charge >= 0.3 is 0 Å². The van der Waals surface area contributed by atoms with Crippen LogP contribution < -0.4 is 10.6 Å². The molecule has 3 nitrogen and oxygen atoms in total. The summed E-state index contributed by atoms with van der Waals surface area (Å²) in [5.41, 5.74) is 1.37. The van der Waals surface area contributed by atoms with E-state index < -0.39 is 5.82 Å². The Hall–Kier alpha value is -1.62. The van der Waals surface area contributed by atoms with Gasteiger partial charge in [0.15, 0.2) is 0 Å². The fourth-order valence-electron chi connectivity index (χ4n) is 1.96. The molecule has 2 aromatic carbocycles. The van der Waals surface area contributed by atoms with Crippen molar-refractivity contribution in [1.29, 1.82) is 0 Å². The second-order valence-electron chi connectivity index (χ2n) is 4.80. The van der Waals surface area contributed by atoms with Gasteiger partial charge in [-0.15, -0.1) is 0 Å². The van der Waals surface area contributed by atoms with Crippen molar-refractivity contribution in [3.8, 4) is 0 Å². The minimum atomic E-state index is -0.523. The first kappa shape index (κ1) is 16.7. The number of hydrogen-bond acceptors (Lipinski definition) is 2. The van der Waals surface area contributed by atoms with Crippen LogP contribution in [-0.2, 0) is 4.79 Å². The fraction of sp³-hybridized carbons (Fsp3) is 0.188. The number of carbonyl (C=O) groups excluding carboxylic acids is 1. The van der Waals surface area contributed by atoms with Crippen molar-refractivity contribution < 1.29 is 9.18 Å². The standard InChI is InChI=1S/C16H15Cl2FN2O/c1-10(12-4-2-3-5-13(12)17)20-9-16(22)21-11-6-7-15(19)14(18)8-11/h2-8,10,20H,9H2,1H3,(H,21,22)/t10-/m0/s1. The minimum Gasteiger partial charge on any atom is -0.325 e. The lowest BCUT2D eigenvalue weighted by Gasteiger charge is -2.15. The average Bonchev–Trinajstić information content (AvgIpc) is 2.49. The second-order valence-corrected chi connectivity index (χ2v) is 5.62. The van der Waals surface area contributed by atoms with Crippen LogP contribution >= 0.6 is 23.2 Å². The van der Waals surface area contributed by atoms with Crippen molar-refractivity contribution in [3.05, 3.63) is 63.9 Å². The van der Waals surface area contributed by atoms with Gasteiger partial charge in [-0.25, -0.2) is 4.39 Å². The summed E-state index contributed by atoms with van der Waals surface area (Å²) in [7, 11) is 0. The first-order valence-corrected chi connectivity index (χ1v) is 7.45. The van der Waals surface area contributed by atoms with Gasteiger partial charge in [0, 0.05) is 16.8 Å². The highest BCUT2D eigenvalue weighted by molar-refractivity contribution is 6.31. The van der Waals surface area contributed by atoms with E-state index in [1.165, 1.54) is 18.2 Å². The Labute approximate surface area is 138 Å². The topological polar surface area (TPSA) is 41.1 Å². The van der Waals surface area contributed by atoms with Crippen LogP contribution in [0.2, 0.25) is 10.0 Å². The lowest BCUT2D eigenvalue weighted by molar-refractivity contribution is -0.115. The van der Waals surface area contributed by atoms with Gasteiger partial charge in [0.2, 0.25) is 5.91 Å². The molecule has 0 saturated carbocycles. The van der Waals surface area contributed by atoms with E-state index in [1.807, 2.05) is 25.1 Å². The van der Waals surface area contributed by atoms with Gasteiger partial charge in [0.1, 0.15) is 5.82 Å². The molecule has 0 aromatic heterocycles. The minimum absolute atomic E-state index is 0.0322. The zero-order valence-electron chi connectivity index (χ0n) is 11.9. The van der Waals surface area contributed by atoms with Crippen LogP contribution in [0.4, 0.5) is 10.1 Å². The van der Waals surface area contributed by atoms with Crippen LogP contribution in [-0.4, -0.2) is 12.5 Å². The molecule has 1 amide bonds. The number of carbonyl (C=O) groups is 1. The number of halogens is 3. The molecule has 1 atom stereocenters. The molecular weight excluding hydrogens is 326 g/mol. The summed E-state index contributed by atoms with van der Waals surface area (Å²) in [6.45, 7) is 2.02. The van der Waals surface area contributed by atoms with Crippen molar-refractivity contribution in [1.82, 2.24) is 5.32 Å². The lowest BCUT2D eigenvalue weighted by Crippen LogP contribution is -2.30. The summed E-state index contributed by atoms with van der Waals surface area (Å²) in [4.78, 5) is 11.9. The molecule has 0 radical (unpaired) electrons. The van der Waals surface area contributed by atoms with Gasteiger partial charge in [0.05, 0.1) is 11.6 Å². The molecule has 0 unspecified atom stereocenters. The van der Waals surface area contributed by atoms with E-state index in [0.717, 1.165) is 5.56 Å². The molecule has 0 heterocycles. The molecular formula is C16H15Cl2FN2O. The molecule has 0 aliphatic rings. The maximum atomic E-state index is 13.0. The third kappa shape index (κ3) is 4.44. The van der Waals surface area contributed by atoms with E-state index in [2.05, 4.69) is 10.6 Å². The van der Waals surface area contributed by atoms with E-state index >= 15 is 0 Å². The highest BCUT2D eigenvalue weighted by Crippen LogP contribution is 2.22. The van der Waals surface area contributed by atoms with Crippen molar-refractivity contribution in [2.24, 2.45) is 0 Å². The van der Waals surface area contributed by atoms with Crippen molar-refractivity contribution in [2.45, 2.75) is 13.0 Å². The van der Waals surface area contributed by atoms with Crippen molar-refractivity contribution >= 4 is 34.8 Å². The maximum Gasteiger partial charge on any atom is 0.238 e. The smallest absolute Gasteiger partial charge is 0.238 e. The van der Waals surface area contributed by atoms with E-state index in [1.54, 1.807) is 6.07 Å². The van der Waals surface area contributed by atoms with E-state index in [0.29, 0.717) is 10.7 Å². The quantitative estimate of drug-likeness (QED) is 0.845. The van der Waals surface area contributed by atoms with E-state index in [4.69, 9.17) is 23.2 Å². The molecule has 0 bridgehead atoms. The number of amides is 1. The highest BCUT2D eigenvalue weighted by atomic mass is 35.5. The zero-order valence-corrected chi connectivity index (χ0v) is 13.4. The summed E-state index contributed by atoms with van der Waals surface area (Å²) < 4.78 is 13.0. The molecule has 0 aliphatic carbocycles. The van der Waals surface area contributed by atoms with Crippen LogP contribution in [0.25, 0.3) is 0 Å². The summed E-state index contributed by atoms with van der Waals surface area (Å²) in [5, 5.41) is 6.34. The number of benzene rings is 2. The lowest BCUT2D eigenvalue weighted by atomic mass is 10.1. The summed E-state index contributed by atoms with van der Waals surface area (Å²) in [6.07, 6.45) is 0. The summed E-state index contributed by atoms with van der Waals surface area (Å²) in [5.74, 6) is -0.772. The van der Waals surface area contributed by atoms with Gasteiger partial charge in [-0.3, -0.25) is 4.79 Å². The van der Waals surface area contributed by atoms with Crippen LogP contribution in [0.1, 0.15) is 18.5 Å². The molecule has 0 saturated heterocycles. The van der Waals surface area contributed by atoms with Crippen LogP contribution in [0, 0.1) is 5.82 Å². The molecule has 6 heteroatoms. The van der Waals surface area contributed by atoms with Gasteiger partial charge in [0.25, 0.3) is 0 Å². The Morgan fingerprint density at radius 3 is 2.59 bits per heavy atom. The summed E-state index contributed by atoms with van der Waals surface area (Å²) >= 11 is 11.8. The number of anilines is 1. The Morgan fingerprint density at radius 1 is 1.18 bits per heavy atom. The second kappa shape index (κ2) is 7.58. The Kier molecular flexibility index (Phi) is 5.77. The van der Waals surface area contributed by atoms with Crippen molar-refractivity contribution in [2.75, 3.05) is 11.9 Å². The van der Waals surface area contributed by atoms with Gasteiger partial charge in [-0.05, 0) is 36.8 Å². The normalized spacial score (nSPS) is 12.0. The third-order valence-electron chi connectivity index (χ3n) is 3.14. The Morgan fingerprint density at radius 2 is 1.91 bits per heavy atom. The molecule has 2 N–H and O–H groups in total. The first-order valence-electron chi connectivity index (χ1n) is 6.70. The summed E-state index contributed by atoms with van der Waals surface area (Å²) in [6, 6.07) is 11.4. The van der Waals surface area contributed by atoms with Gasteiger partial charge in [-0.2, -0.15) is 0 Å². The monoisotopic (exact) mass is 340 g/mol. The molecule has 0 fully saturated rings. The van der Waals surface area contributed by atoms with Crippen molar-refractivity contribution in [3.63, 3.8) is 0 Å². The van der Waals surface area contributed by atoms with Crippen LogP contribution in [0.5, 0.6) is 0 Å². The fourth-order valence-corrected chi connectivity index (χ4v) is 2.44. The molecule has 2 aromatic rings. The predicted molar refractivity (Wildman–Crippen MR) is 87.9 cm³/mol. The molecule has 116 valence electrons. The predicted octanol–water partition coefficient (Wildman–Crippen LogP) is 4.42. The maximum absolute atomic E-state index is 13.0. The Bertz CT molecular complexity index is 679. The van der Waals surface area contributed by atoms with Gasteiger partial charge < -0.3 is 10.6 Å². The molecule has 0 aliphatic heterocycles. The molecule has 22 heavy (non-hydrogen) atoms. The Balaban J connectivity index is 1.90. The number of hydrogen-bond donors (Lipinski definition) is 2. The average molecular weight is 341 g/mol.